The van der Waals surface area contributed by atoms with Gasteiger partial charge in [-0.15, -0.1) is 0 Å². The molecular weight excluding hydrogens is 364 g/mol. The fourth-order valence-corrected chi connectivity index (χ4v) is 3.13. The zero-order valence-corrected chi connectivity index (χ0v) is 15.9. The monoisotopic (exact) mass is 384 g/mol. The second-order valence-electron chi connectivity index (χ2n) is 6.64. The van der Waals surface area contributed by atoms with Gasteiger partial charge < -0.3 is 5.11 Å². The first kappa shape index (κ1) is 18.4. The molecule has 0 unspecified atom stereocenters. The Morgan fingerprint density at radius 1 is 1.14 bits per heavy atom. The molecule has 144 valence electrons. The maximum atomic E-state index is 12.4. The Hall–Kier alpha value is -3.93. The second-order valence-corrected chi connectivity index (χ2v) is 6.64. The van der Waals surface area contributed by atoms with Gasteiger partial charge in [0.05, 0.1) is 11.9 Å². The number of carbonyl (C=O) groups is 1. The number of nitrogens with zero attached hydrogens (tertiary/aromatic N) is 2. The molecule has 1 amide bonds. The Labute approximate surface area is 167 Å². The third-order valence-corrected chi connectivity index (χ3v) is 4.79. The number of benzene rings is 3. The molecule has 3 N–H and O–H groups in total. The zero-order valence-electron chi connectivity index (χ0n) is 15.9. The number of hydrogen-bond acceptors (Lipinski definition) is 4. The van der Waals surface area contributed by atoms with Gasteiger partial charge in [0, 0.05) is 11.1 Å². The highest BCUT2D eigenvalue weighted by molar-refractivity contribution is 6.03. The molecule has 3 aromatic carbocycles. The molecule has 6 nitrogen and oxygen atoms in total. The van der Waals surface area contributed by atoms with E-state index in [1.54, 1.807) is 12.1 Å². The van der Waals surface area contributed by atoms with Crippen molar-refractivity contribution in [2.45, 2.75) is 13.3 Å². The minimum atomic E-state index is -0.412. The van der Waals surface area contributed by atoms with E-state index in [2.05, 4.69) is 27.6 Å². The lowest BCUT2D eigenvalue weighted by atomic mass is 10.0. The number of phenolic OH excluding ortho intramolecular Hbond substituents is 1. The van der Waals surface area contributed by atoms with Gasteiger partial charge >= 0.3 is 0 Å². The molecule has 0 radical (unpaired) electrons. The summed E-state index contributed by atoms with van der Waals surface area (Å²) >= 11 is 0. The molecule has 1 aromatic heterocycles. The molecule has 6 heteroatoms. The van der Waals surface area contributed by atoms with Crippen LogP contribution in [0.15, 0.2) is 71.8 Å². The van der Waals surface area contributed by atoms with E-state index in [0.29, 0.717) is 17.0 Å². The van der Waals surface area contributed by atoms with Crippen molar-refractivity contribution in [2.75, 3.05) is 0 Å². The van der Waals surface area contributed by atoms with Gasteiger partial charge in [-0.2, -0.15) is 10.2 Å². The van der Waals surface area contributed by atoms with Crippen LogP contribution in [0.25, 0.3) is 22.0 Å². The van der Waals surface area contributed by atoms with Gasteiger partial charge in [-0.3, -0.25) is 9.89 Å². The van der Waals surface area contributed by atoms with Gasteiger partial charge in [-0.1, -0.05) is 61.5 Å². The number of aromatic nitrogens is 2. The highest BCUT2D eigenvalue weighted by Gasteiger charge is 2.11. The van der Waals surface area contributed by atoms with Crippen molar-refractivity contribution in [1.82, 2.24) is 15.6 Å². The molecule has 0 aliphatic heterocycles. The summed E-state index contributed by atoms with van der Waals surface area (Å²) < 4.78 is 0. The molecule has 0 aliphatic rings. The molecule has 4 aromatic rings. The van der Waals surface area contributed by atoms with E-state index in [1.165, 1.54) is 11.8 Å². The summed E-state index contributed by atoms with van der Waals surface area (Å²) in [5.74, 6) is -0.314. The number of H-pyrrole nitrogens is 1. The summed E-state index contributed by atoms with van der Waals surface area (Å²) in [6.45, 7) is 2.10. The minimum absolute atomic E-state index is 0.0982. The van der Waals surface area contributed by atoms with Crippen molar-refractivity contribution in [3.05, 3.63) is 83.6 Å². The van der Waals surface area contributed by atoms with Crippen LogP contribution >= 0.6 is 0 Å². The normalized spacial score (nSPS) is 11.2. The van der Waals surface area contributed by atoms with E-state index in [0.717, 1.165) is 22.8 Å². The first-order valence-corrected chi connectivity index (χ1v) is 9.34. The number of fused-ring (bicyclic) bond motifs is 1. The molecule has 0 saturated heterocycles. The van der Waals surface area contributed by atoms with E-state index >= 15 is 0 Å². The Bertz CT molecular complexity index is 1190. The van der Waals surface area contributed by atoms with Gasteiger partial charge in [-0.05, 0) is 34.9 Å². The number of carbonyl (C=O) groups excluding carboxylic acids is 1. The van der Waals surface area contributed by atoms with Crippen LogP contribution in [0.4, 0.5) is 0 Å². The summed E-state index contributed by atoms with van der Waals surface area (Å²) in [5.41, 5.74) is 6.19. The fraction of sp³-hybridized carbons (Fsp3) is 0.0870. The van der Waals surface area contributed by atoms with Gasteiger partial charge in [0.1, 0.15) is 11.4 Å². The van der Waals surface area contributed by atoms with Crippen molar-refractivity contribution >= 4 is 22.9 Å². The molecule has 0 spiro atoms. The van der Waals surface area contributed by atoms with Gasteiger partial charge in [0.15, 0.2) is 0 Å². The molecule has 0 fully saturated rings. The fourth-order valence-electron chi connectivity index (χ4n) is 3.13. The highest BCUT2D eigenvalue weighted by atomic mass is 16.3. The lowest BCUT2D eigenvalue weighted by molar-refractivity contribution is 0.0950. The van der Waals surface area contributed by atoms with Gasteiger partial charge in [-0.25, -0.2) is 5.43 Å². The number of hydrazone groups is 1. The van der Waals surface area contributed by atoms with Crippen LogP contribution in [0, 0.1) is 0 Å². The molecule has 0 atom stereocenters. The molecule has 1 heterocycles. The van der Waals surface area contributed by atoms with Crippen molar-refractivity contribution in [2.24, 2.45) is 5.10 Å². The van der Waals surface area contributed by atoms with Crippen LogP contribution in [0.5, 0.6) is 5.75 Å². The summed E-state index contributed by atoms with van der Waals surface area (Å²) in [4.78, 5) is 12.4. The summed E-state index contributed by atoms with van der Waals surface area (Å²) in [6, 6.07) is 20.8. The van der Waals surface area contributed by atoms with Crippen molar-refractivity contribution in [1.29, 1.82) is 0 Å². The van der Waals surface area contributed by atoms with Crippen LogP contribution in [-0.2, 0) is 6.42 Å². The zero-order chi connectivity index (χ0) is 20.2. The van der Waals surface area contributed by atoms with Crippen LogP contribution in [0.3, 0.4) is 0 Å². The maximum Gasteiger partial charge on any atom is 0.289 e. The number of rotatable bonds is 5. The molecule has 0 bridgehead atoms. The average Bonchev–Trinajstić information content (AvgIpc) is 3.26. The first-order valence-electron chi connectivity index (χ1n) is 9.34. The summed E-state index contributed by atoms with van der Waals surface area (Å²) in [6.07, 6.45) is 2.41. The number of aryl methyl sites for hydroxylation is 1. The number of hydrogen-bond donors (Lipinski definition) is 3. The largest absolute Gasteiger partial charge is 0.507 e. The highest BCUT2D eigenvalue weighted by Crippen LogP contribution is 2.25. The lowest BCUT2D eigenvalue weighted by Gasteiger charge is -2.04. The topological polar surface area (TPSA) is 90.4 Å². The van der Waals surface area contributed by atoms with E-state index in [9.17, 15) is 9.90 Å². The number of aromatic hydroxyl groups is 1. The summed E-state index contributed by atoms with van der Waals surface area (Å²) in [5, 5.41) is 22.9. The SMILES string of the molecule is CCc1ccc(-c2cc(C(=O)N/N=C/c3c(O)ccc4ccccc34)[nH]n2)cc1. The quantitative estimate of drug-likeness (QED) is 0.355. The Balaban J connectivity index is 1.49. The number of nitrogens with one attached hydrogen (secondary N) is 2. The van der Waals surface area contributed by atoms with E-state index in [4.69, 9.17) is 0 Å². The molecule has 29 heavy (non-hydrogen) atoms. The summed E-state index contributed by atoms with van der Waals surface area (Å²) in [7, 11) is 0. The Morgan fingerprint density at radius 2 is 1.93 bits per heavy atom. The maximum absolute atomic E-state index is 12.4. The van der Waals surface area contributed by atoms with Crippen LogP contribution in [0.1, 0.15) is 28.5 Å². The molecule has 0 saturated carbocycles. The minimum Gasteiger partial charge on any atom is -0.507 e. The van der Waals surface area contributed by atoms with E-state index < -0.39 is 5.91 Å². The van der Waals surface area contributed by atoms with Crippen molar-refractivity contribution in [3.63, 3.8) is 0 Å². The first-order chi connectivity index (χ1) is 14.2. The van der Waals surface area contributed by atoms with Crippen LogP contribution in [0.2, 0.25) is 0 Å². The average molecular weight is 384 g/mol. The molecular formula is C23H20N4O2. The van der Waals surface area contributed by atoms with Crippen molar-refractivity contribution in [3.8, 4) is 17.0 Å². The Kier molecular flexibility index (Phi) is 5.07. The third kappa shape index (κ3) is 3.87. The number of aromatic amines is 1. The standard InChI is InChI=1S/C23H20N4O2/c1-2-15-7-9-17(10-8-15)20-13-21(26-25-20)23(29)27-24-14-19-18-6-4-3-5-16(18)11-12-22(19)28/h3-14,28H,2H2,1H3,(H,25,26)(H,27,29)/b24-14+. The predicted octanol–water partition coefficient (Wildman–Crippen LogP) is 4.26. The third-order valence-electron chi connectivity index (χ3n) is 4.79. The van der Waals surface area contributed by atoms with Gasteiger partial charge in [0.25, 0.3) is 5.91 Å². The van der Waals surface area contributed by atoms with Crippen LogP contribution < -0.4 is 5.43 Å². The molecule has 4 rings (SSSR count). The second kappa shape index (κ2) is 7.98. The van der Waals surface area contributed by atoms with Gasteiger partial charge in [0.2, 0.25) is 0 Å². The lowest BCUT2D eigenvalue weighted by Crippen LogP contribution is -2.18. The molecule has 0 aliphatic carbocycles. The predicted molar refractivity (Wildman–Crippen MR) is 114 cm³/mol. The van der Waals surface area contributed by atoms with Crippen molar-refractivity contribution < 1.29 is 9.90 Å². The smallest absolute Gasteiger partial charge is 0.289 e. The number of phenols is 1. The Morgan fingerprint density at radius 3 is 2.72 bits per heavy atom. The van der Waals surface area contributed by atoms with Crippen LogP contribution in [-0.4, -0.2) is 27.4 Å². The van der Waals surface area contributed by atoms with E-state index in [1.807, 2.05) is 54.6 Å². The van der Waals surface area contributed by atoms with E-state index in [-0.39, 0.29) is 5.75 Å². The number of amides is 1.